The molecule has 3 heterocycles. The predicted molar refractivity (Wildman–Crippen MR) is 81.5 cm³/mol. The molecule has 0 N–H and O–H groups in total. The first-order valence-electron chi connectivity index (χ1n) is 7.75. The topological polar surface area (TPSA) is 64.3 Å². The van der Waals surface area contributed by atoms with E-state index in [1.807, 2.05) is 13.8 Å². The van der Waals surface area contributed by atoms with Crippen LogP contribution >= 0.6 is 0 Å². The minimum atomic E-state index is 0.586. The summed E-state index contributed by atoms with van der Waals surface area (Å²) in [7, 11) is 0. The average molecular weight is 302 g/mol. The lowest BCUT2D eigenvalue weighted by atomic mass is 9.97. The molecule has 1 fully saturated rings. The van der Waals surface area contributed by atoms with Gasteiger partial charge in [0.2, 0.25) is 5.88 Å². The lowest BCUT2D eigenvalue weighted by Crippen LogP contribution is -2.35. The number of hydrogen-bond acceptors (Lipinski definition) is 6. The summed E-state index contributed by atoms with van der Waals surface area (Å²) in [5.74, 6) is 2.13. The van der Waals surface area contributed by atoms with E-state index in [0.29, 0.717) is 11.8 Å². The molecule has 0 saturated carbocycles. The van der Waals surface area contributed by atoms with Crippen LogP contribution in [0.4, 0.5) is 0 Å². The van der Waals surface area contributed by atoms with Gasteiger partial charge in [-0.3, -0.25) is 9.88 Å². The van der Waals surface area contributed by atoms with Crippen molar-refractivity contribution in [3.05, 3.63) is 35.6 Å². The van der Waals surface area contributed by atoms with E-state index in [-0.39, 0.29) is 0 Å². The molecule has 0 unspecified atom stereocenters. The van der Waals surface area contributed by atoms with Crippen LogP contribution in [0.15, 0.2) is 23.1 Å². The Bertz CT molecular complexity index is 572. The van der Waals surface area contributed by atoms with Crippen LogP contribution in [0.2, 0.25) is 0 Å². The largest absolute Gasteiger partial charge is 0.476 e. The number of piperidine rings is 1. The third-order valence-electron chi connectivity index (χ3n) is 4.28. The van der Waals surface area contributed by atoms with E-state index in [1.165, 1.54) is 5.56 Å². The summed E-state index contributed by atoms with van der Waals surface area (Å²) in [6, 6.07) is 0. The van der Waals surface area contributed by atoms with Crippen molar-refractivity contribution in [2.45, 2.75) is 33.2 Å². The third kappa shape index (κ3) is 3.62. The lowest BCUT2D eigenvalue weighted by Gasteiger charge is -2.31. The van der Waals surface area contributed by atoms with Crippen LogP contribution in [0.1, 0.15) is 29.9 Å². The summed E-state index contributed by atoms with van der Waals surface area (Å²) in [5.41, 5.74) is 2.24. The van der Waals surface area contributed by atoms with Crippen molar-refractivity contribution >= 4 is 0 Å². The number of ether oxygens (including phenoxy) is 1. The fourth-order valence-corrected chi connectivity index (χ4v) is 2.83. The molecule has 0 atom stereocenters. The monoisotopic (exact) mass is 302 g/mol. The van der Waals surface area contributed by atoms with Gasteiger partial charge in [0, 0.05) is 24.5 Å². The number of aromatic nitrogens is 3. The summed E-state index contributed by atoms with van der Waals surface area (Å²) < 4.78 is 10.9. The van der Waals surface area contributed by atoms with E-state index in [1.54, 1.807) is 18.6 Å². The number of hydrogen-bond donors (Lipinski definition) is 0. The van der Waals surface area contributed by atoms with Crippen molar-refractivity contribution in [3.8, 4) is 5.88 Å². The first kappa shape index (κ1) is 15.0. The molecule has 1 aliphatic heterocycles. The van der Waals surface area contributed by atoms with Gasteiger partial charge in [-0.2, -0.15) is 0 Å². The molecule has 0 aliphatic carbocycles. The molecule has 3 rings (SSSR count). The predicted octanol–water partition coefficient (Wildman–Crippen LogP) is 2.37. The van der Waals surface area contributed by atoms with Gasteiger partial charge in [-0.15, -0.1) is 0 Å². The molecule has 0 bridgehead atoms. The van der Waals surface area contributed by atoms with E-state index in [9.17, 15) is 0 Å². The Morgan fingerprint density at radius 2 is 2.09 bits per heavy atom. The van der Waals surface area contributed by atoms with Gasteiger partial charge in [0.25, 0.3) is 0 Å². The molecule has 0 aromatic carbocycles. The normalized spacial score (nSPS) is 16.8. The van der Waals surface area contributed by atoms with Crippen LogP contribution in [0.3, 0.4) is 0 Å². The fourth-order valence-electron chi connectivity index (χ4n) is 2.83. The molecule has 1 aliphatic rings. The Hall–Kier alpha value is -1.95. The lowest BCUT2D eigenvalue weighted by molar-refractivity contribution is 0.134. The summed E-state index contributed by atoms with van der Waals surface area (Å²) in [4.78, 5) is 10.6. The van der Waals surface area contributed by atoms with Gasteiger partial charge in [-0.1, -0.05) is 5.16 Å². The maximum Gasteiger partial charge on any atom is 0.232 e. The number of aryl methyl sites for hydroxylation is 2. The van der Waals surface area contributed by atoms with Crippen LogP contribution in [0.25, 0.3) is 0 Å². The Morgan fingerprint density at radius 1 is 1.27 bits per heavy atom. The second-order valence-electron chi connectivity index (χ2n) is 5.88. The van der Waals surface area contributed by atoms with Crippen molar-refractivity contribution in [1.82, 2.24) is 20.0 Å². The molecule has 0 radical (unpaired) electrons. The smallest absolute Gasteiger partial charge is 0.232 e. The van der Waals surface area contributed by atoms with Crippen molar-refractivity contribution in [2.75, 3.05) is 19.7 Å². The van der Waals surface area contributed by atoms with Crippen LogP contribution < -0.4 is 4.74 Å². The zero-order valence-electron chi connectivity index (χ0n) is 13.2. The molecule has 6 nitrogen and oxygen atoms in total. The molecular weight excluding hydrogens is 280 g/mol. The number of rotatable bonds is 5. The van der Waals surface area contributed by atoms with Gasteiger partial charge in [0.1, 0.15) is 5.76 Å². The summed E-state index contributed by atoms with van der Waals surface area (Å²) in [6.45, 7) is 7.80. The average Bonchev–Trinajstić information content (AvgIpc) is 2.87. The van der Waals surface area contributed by atoms with Crippen molar-refractivity contribution in [3.63, 3.8) is 0 Å². The van der Waals surface area contributed by atoms with Crippen molar-refractivity contribution in [2.24, 2.45) is 5.92 Å². The first-order valence-corrected chi connectivity index (χ1v) is 7.75. The second kappa shape index (κ2) is 6.87. The second-order valence-corrected chi connectivity index (χ2v) is 5.88. The highest BCUT2D eigenvalue weighted by molar-refractivity contribution is 5.20. The van der Waals surface area contributed by atoms with Crippen LogP contribution in [-0.4, -0.2) is 39.7 Å². The maximum atomic E-state index is 5.71. The molecule has 6 heteroatoms. The van der Waals surface area contributed by atoms with Gasteiger partial charge >= 0.3 is 0 Å². The van der Waals surface area contributed by atoms with E-state index >= 15 is 0 Å². The molecule has 1 saturated heterocycles. The quantitative estimate of drug-likeness (QED) is 0.845. The molecule has 0 spiro atoms. The van der Waals surface area contributed by atoms with Crippen LogP contribution in [-0.2, 0) is 6.54 Å². The van der Waals surface area contributed by atoms with Gasteiger partial charge in [-0.25, -0.2) is 4.98 Å². The maximum absolute atomic E-state index is 5.71. The molecule has 0 amide bonds. The zero-order chi connectivity index (χ0) is 15.4. The zero-order valence-corrected chi connectivity index (χ0v) is 13.2. The van der Waals surface area contributed by atoms with Crippen LogP contribution in [0.5, 0.6) is 5.88 Å². The van der Waals surface area contributed by atoms with E-state index < -0.39 is 0 Å². The van der Waals surface area contributed by atoms with Gasteiger partial charge in [0.15, 0.2) is 0 Å². The standard InChI is InChI=1S/C16H22N4O2/c1-12-15(13(2)22-19-12)10-20-7-3-14(4-8-20)11-21-16-9-17-5-6-18-16/h5-6,9,14H,3-4,7-8,10-11H2,1-2H3. The first-order chi connectivity index (χ1) is 10.7. The highest BCUT2D eigenvalue weighted by atomic mass is 16.5. The van der Waals surface area contributed by atoms with Gasteiger partial charge < -0.3 is 9.26 Å². The SMILES string of the molecule is Cc1noc(C)c1CN1CCC(COc2cnccn2)CC1. The van der Waals surface area contributed by atoms with Crippen LogP contribution in [0, 0.1) is 19.8 Å². The minimum absolute atomic E-state index is 0.586. The minimum Gasteiger partial charge on any atom is -0.476 e. The van der Waals surface area contributed by atoms with Crippen molar-refractivity contribution < 1.29 is 9.26 Å². The van der Waals surface area contributed by atoms with Crippen molar-refractivity contribution in [1.29, 1.82) is 0 Å². The summed E-state index contributed by atoms with van der Waals surface area (Å²) >= 11 is 0. The van der Waals surface area contributed by atoms with E-state index in [4.69, 9.17) is 9.26 Å². The molecule has 118 valence electrons. The number of nitrogens with zero attached hydrogens (tertiary/aromatic N) is 4. The third-order valence-corrected chi connectivity index (χ3v) is 4.28. The molecule has 2 aromatic heterocycles. The Morgan fingerprint density at radius 3 is 2.73 bits per heavy atom. The van der Waals surface area contributed by atoms with Gasteiger partial charge in [-0.05, 0) is 45.7 Å². The Kier molecular flexibility index (Phi) is 4.68. The van der Waals surface area contributed by atoms with E-state index in [0.717, 1.165) is 50.5 Å². The summed E-state index contributed by atoms with van der Waals surface area (Å²) in [5, 5.41) is 4.03. The highest BCUT2D eigenvalue weighted by Crippen LogP contribution is 2.22. The molecule has 2 aromatic rings. The number of likely N-dealkylation sites (tertiary alicyclic amines) is 1. The Balaban J connectivity index is 1.44. The molecule has 22 heavy (non-hydrogen) atoms. The summed E-state index contributed by atoms with van der Waals surface area (Å²) in [6.07, 6.45) is 7.25. The fraction of sp³-hybridized carbons (Fsp3) is 0.562. The van der Waals surface area contributed by atoms with Gasteiger partial charge in [0.05, 0.1) is 18.5 Å². The molecular formula is C16H22N4O2. The Labute approximate surface area is 130 Å². The highest BCUT2D eigenvalue weighted by Gasteiger charge is 2.22. The van der Waals surface area contributed by atoms with E-state index in [2.05, 4.69) is 20.0 Å².